The van der Waals surface area contributed by atoms with Gasteiger partial charge in [-0.2, -0.15) is 0 Å². The second-order valence-corrected chi connectivity index (χ2v) is 3.32. The standard InChI is InChI=1S/C11H22N2O2/c1-4-5-6-7-12-10(2)11(14)13-8-9-15-3/h4-5,10,12H,6-9H2,1-3H3,(H,13,14)/b5-4+. The monoisotopic (exact) mass is 214 g/mol. The van der Waals surface area contributed by atoms with Gasteiger partial charge in [0.1, 0.15) is 0 Å². The van der Waals surface area contributed by atoms with Crippen molar-refractivity contribution in [3.05, 3.63) is 12.2 Å². The van der Waals surface area contributed by atoms with E-state index in [1.54, 1.807) is 7.11 Å². The van der Waals surface area contributed by atoms with Gasteiger partial charge in [0.25, 0.3) is 0 Å². The van der Waals surface area contributed by atoms with Gasteiger partial charge in [-0.05, 0) is 26.8 Å². The van der Waals surface area contributed by atoms with E-state index < -0.39 is 0 Å². The molecule has 0 aliphatic carbocycles. The number of ether oxygens (including phenoxy) is 1. The van der Waals surface area contributed by atoms with Gasteiger partial charge in [-0.1, -0.05) is 12.2 Å². The van der Waals surface area contributed by atoms with Crippen LogP contribution in [0.25, 0.3) is 0 Å². The minimum absolute atomic E-state index is 0.0209. The predicted octanol–water partition coefficient (Wildman–Crippen LogP) is 0.693. The van der Waals surface area contributed by atoms with E-state index in [1.807, 2.05) is 19.9 Å². The predicted molar refractivity (Wildman–Crippen MR) is 61.8 cm³/mol. The summed E-state index contributed by atoms with van der Waals surface area (Å²) in [6.07, 6.45) is 5.03. The maximum atomic E-state index is 11.4. The normalized spacial score (nSPS) is 13.0. The number of hydrogen-bond donors (Lipinski definition) is 2. The van der Waals surface area contributed by atoms with Gasteiger partial charge in [-0.15, -0.1) is 0 Å². The SMILES string of the molecule is C/C=C/CCNC(C)C(=O)NCCOC. The molecule has 15 heavy (non-hydrogen) atoms. The van der Waals surface area contributed by atoms with Gasteiger partial charge < -0.3 is 15.4 Å². The number of amides is 1. The summed E-state index contributed by atoms with van der Waals surface area (Å²) in [4.78, 5) is 11.4. The third-order valence-corrected chi connectivity index (χ3v) is 2.00. The van der Waals surface area contributed by atoms with Crippen LogP contribution in [0, 0.1) is 0 Å². The summed E-state index contributed by atoms with van der Waals surface area (Å²) < 4.78 is 4.84. The van der Waals surface area contributed by atoms with Gasteiger partial charge in [-0.3, -0.25) is 4.79 Å². The first kappa shape index (κ1) is 14.1. The molecule has 4 heteroatoms. The first-order valence-electron chi connectivity index (χ1n) is 5.33. The van der Waals surface area contributed by atoms with Crippen molar-refractivity contribution in [3.8, 4) is 0 Å². The molecule has 0 saturated carbocycles. The Bertz CT molecular complexity index is 193. The molecule has 0 bridgehead atoms. The highest BCUT2D eigenvalue weighted by Gasteiger charge is 2.09. The van der Waals surface area contributed by atoms with Crippen molar-refractivity contribution in [2.45, 2.75) is 26.3 Å². The van der Waals surface area contributed by atoms with E-state index in [-0.39, 0.29) is 11.9 Å². The van der Waals surface area contributed by atoms with E-state index in [2.05, 4.69) is 16.7 Å². The average Bonchev–Trinajstić information content (AvgIpc) is 2.24. The molecule has 0 aromatic carbocycles. The first-order chi connectivity index (χ1) is 7.22. The minimum atomic E-state index is -0.146. The third-order valence-electron chi connectivity index (χ3n) is 2.00. The molecule has 0 radical (unpaired) electrons. The Balaban J connectivity index is 3.51. The van der Waals surface area contributed by atoms with Crippen LogP contribution >= 0.6 is 0 Å². The number of nitrogens with one attached hydrogen (secondary N) is 2. The first-order valence-corrected chi connectivity index (χ1v) is 5.33. The fourth-order valence-corrected chi connectivity index (χ4v) is 1.07. The Morgan fingerprint density at radius 3 is 2.80 bits per heavy atom. The number of methoxy groups -OCH3 is 1. The van der Waals surface area contributed by atoms with Crippen molar-refractivity contribution in [2.75, 3.05) is 26.8 Å². The summed E-state index contributed by atoms with van der Waals surface area (Å²) in [7, 11) is 1.62. The smallest absolute Gasteiger partial charge is 0.236 e. The van der Waals surface area contributed by atoms with E-state index in [0.717, 1.165) is 13.0 Å². The van der Waals surface area contributed by atoms with Crippen LogP contribution in [0.15, 0.2) is 12.2 Å². The Labute approximate surface area is 92.1 Å². The molecule has 0 spiro atoms. The minimum Gasteiger partial charge on any atom is -0.383 e. The molecule has 0 saturated heterocycles. The zero-order chi connectivity index (χ0) is 11.5. The molecule has 4 nitrogen and oxygen atoms in total. The lowest BCUT2D eigenvalue weighted by atomic mass is 10.3. The van der Waals surface area contributed by atoms with Gasteiger partial charge in [-0.25, -0.2) is 0 Å². The van der Waals surface area contributed by atoms with Crippen molar-refractivity contribution in [1.29, 1.82) is 0 Å². The molecule has 0 aliphatic heterocycles. The second-order valence-electron chi connectivity index (χ2n) is 3.32. The van der Waals surface area contributed by atoms with Crippen LogP contribution in [0.5, 0.6) is 0 Å². The van der Waals surface area contributed by atoms with Crippen LogP contribution in [0.2, 0.25) is 0 Å². The van der Waals surface area contributed by atoms with Crippen molar-refractivity contribution in [3.63, 3.8) is 0 Å². The van der Waals surface area contributed by atoms with Crippen molar-refractivity contribution < 1.29 is 9.53 Å². The largest absolute Gasteiger partial charge is 0.383 e. The van der Waals surface area contributed by atoms with Crippen LogP contribution < -0.4 is 10.6 Å². The van der Waals surface area contributed by atoms with Crippen molar-refractivity contribution >= 4 is 5.91 Å². The second kappa shape index (κ2) is 9.68. The summed E-state index contributed by atoms with van der Waals surface area (Å²) in [6.45, 7) is 5.79. The molecule has 88 valence electrons. The zero-order valence-electron chi connectivity index (χ0n) is 9.88. The topological polar surface area (TPSA) is 50.4 Å². The number of rotatable bonds is 8. The molecule has 1 unspecified atom stereocenters. The van der Waals surface area contributed by atoms with Crippen LogP contribution in [-0.4, -0.2) is 38.8 Å². The van der Waals surface area contributed by atoms with Crippen molar-refractivity contribution in [1.82, 2.24) is 10.6 Å². The Morgan fingerprint density at radius 2 is 2.20 bits per heavy atom. The molecule has 0 aromatic heterocycles. The Kier molecular flexibility index (Phi) is 9.11. The lowest BCUT2D eigenvalue weighted by Gasteiger charge is -2.12. The van der Waals surface area contributed by atoms with Gasteiger partial charge in [0.05, 0.1) is 12.6 Å². The van der Waals surface area contributed by atoms with E-state index >= 15 is 0 Å². The molecule has 0 aromatic rings. The van der Waals surface area contributed by atoms with Crippen LogP contribution in [-0.2, 0) is 9.53 Å². The molecular formula is C11H22N2O2. The van der Waals surface area contributed by atoms with E-state index in [4.69, 9.17) is 4.74 Å². The number of carbonyl (C=O) groups excluding carboxylic acids is 1. The summed E-state index contributed by atoms with van der Waals surface area (Å²) in [5, 5.41) is 5.92. The van der Waals surface area contributed by atoms with Crippen LogP contribution in [0.3, 0.4) is 0 Å². The fourth-order valence-electron chi connectivity index (χ4n) is 1.07. The molecule has 2 N–H and O–H groups in total. The fraction of sp³-hybridized carbons (Fsp3) is 0.727. The quantitative estimate of drug-likeness (QED) is 0.462. The van der Waals surface area contributed by atoms with E-state index in [9.17, 15) is 4.79 Å². The Morgan fingerprint density at radius 1 is 1.47 bits per heavy atom. The van der Waals surface area contributed by atoms with Crippen LogP contribution in [0.4, 0.5) is 0 Å². The van der Waals surface area contributed by atoms with Gasteiger partial charge in [0, 0.05) is 13.7 Å². The lowest BCUT2D eigenvalue weighted by molar-refractivity contribution is -0.122. The lowest BCUT2D eigenvalue weighted by Crippen LogP contribution is -2.43. The molecule has 0 rings (SSSR count). The summed E-state index contributed by atoms with van der Waals surface area (Å²) in [5.41, 5.74) is 0. The molecule has 1 amide bonds. The molecule has 0 aliphatic rings. The third kappa shape index (κ3) is 8.15. The maximum Gasteiger partial charge on any atom is 0.236 e. The molecule has 0 heterocycles. The number of allylic oxidation sites excluding steroid dienone is 1. The van der Waals surface area contributed by atoms with Gasteiger partial charge in [0.15, 0.2) is 0 Å². The molecule has 1 atom stereocenters. The highest BCUT2D eigenvalue weighted by molar-refractivity contribution is 5.81. The average molecular weight is 214 g/mol. The maximum absolute atomic E-state index is 11.4. The Hall–Kier alpha value is -0.870. The molecule has 0 fully saturated rings. The summed E-state index contributed by atoms with van der Waals surface area (Å²) in [5.74, 6) is 0.0209. The number of carbonyl (C=O) groups is 1. The summed E-state index contributed by atoms with van der Waals surface area (Å²) in [6, 6.07) is -0.146. The molecular weight excluding hydrogens is 192 g/mol. The number of hydrogen-bond acceptors (Lipinski definition) is 3. The van der Waals surface area contributed by atoms with Gasteiger partial charge in [0.2, 0.25) is 5.91 Å². The van der Waals surface area contributed by atoms with Crippen molar-refractivity contribution in [2.24, 2.45) is 0 Å². The van der Waals surface area contributed by atoms with Crippen LogP contribution in [0.1, 0.15) is 20.3 Å². The van der Waals surface area contributed by atoms with E-state index in [1.165, 1.54) is 0 Å². The zero-order valence-corrected chi connectivity index (χ0v) is 9.88. The highest BCUT2D eigenvalue weighted by Crippen LogP contribution is 1.85. The highest BCUT2D eigenvalue weighted by atomic mass is 16.5. The van der Waals surface area contributed by atoms with Gasteiger partial charge >= 0.3 is 0 Å². The summed E-state index contributed by atoms with van der Waals surface area (Å²) >= 11 is 0. The van der Waals surface area contributed by atoms with E-state index in [0.29, 0.717) is 13.2 Å².